The van der Waals surface area contributed by atoms with Crippen molar-refractivity contribution in [2.45, 2.75) is 0 Å². The second-order valence-electron chi connectivity index (χ2n) is 2.39. The molecule has 0 aliphatic rings. The maximum Gasteiger partial charge on any atom is 0.307 e. The van der Waals surface area contributed by atoms with Crippen LogP contribution in [-0.4, -0.2) is 15.8 Å². The first kappa shape index (κ1) is 10.9. The number of nitro groups is 1. The molecule has 0 fully saturated rings. The number of rotatable bonds is 1. The first-order chi connectivity index (χ1) is 7.02. The number of primary amides is 1. The molecule has 15 heavy (non-hydrogen) atoms. The van der Waals surface area contributed by atoms with E-state index in [0.29, 0.717) is 0 Å². The standard InChI is InChI=1S/C8H4ClN3O3/c9-8-5(1-2-7(10)13)3-11-4-6(8)12(14)15/h3-4H,(H2,10,13). The van der Waals surface area contributed by atoms with Crippen LogP contribution in [0.4, 0.5) is 5.69 Å². The van der Waals surface area contributed by atoms with Gasteiger partial charge in [-0.25, -0.2) is 0 Å². The second kappa shape index (κ2) is 4.39. The summed E-state index contributed by atoms with van der Waals surface area (Å²) in [6, 6.07) is 0. The van der Waals surface area contributed by atoms with E-state index in [2.05, 4.69) is 10.9 Å². The van der Waals surface area contributed by atoms with E-state index in [-0.39, 0.29) is 16.3 Å². The highest BCUT2D eigenvalue weighted by molar-refractivity contribution is 6.33. The summed E-state index contributed by atoms with van der Waals surface area (Å²) in [5.41, 5.74) is 4.50. The van der Waals surface area contributed by atoms with E-state index in [9.17, 15) is 14.9 Å². The van der Waals surface area contributed by atoms with Gasteiger partial charge in [-0.15, -0.1) is 0 Å². The molecule has 6 nitrogen and oxygen atoms in total. The third-order valence-electron chi connectivity index (χ3n) is 1.38. The number of halogens is 1. The monoisotopic (exact) mass is 225 g/mol. The summed E-state index contributed by atoms with van der Waals surface area (Å²) in [4.78, 5) is 23.7. The molecule has 0 aromatic carbocycles. The number of nitrogens with two attached hydrogens (primary N) is 1. The van der Waals surface area contributed by atoms with Crippen molar-refractivity contribution < 1.29 is 9.72 Å². The topological polar surface area (TPSA) is 99.1 Å². The average molecular weight is 226 g/mol. The SMILES string of the molecule is NC(=O)C#Cc1cncc([N+](=O)[O-])c1Cl. The fourth-order valence-electron chi connectivity index (χ4n) is 0.777. The van der Waals surface area contributed by atoms with E-state index in [4.69, 9.17) is 17.3 Å². The third kappa shape index (κ3) is 2.65. The van der Waals surface area contributed by atoms with Crippen LogP contribution in [0.1, 0.15) is 5.56 Å². The summed E-state index contributed by atoms with van der Waals surface area (Å²) >= 11 is 5.65. The molecule has 0 radical (unpaired) electrons. The summed E-state index contributed by atoms with van der Waals surface area (Å²) in [6.45, 7) is 0. The van der Waals surface area contributed by atoms with Gasteiger partial charge in [-0.3, -0.25) is 19.9 Å². The Hall–Kier alpha value is -2.13. The number of pyridine rings is 1. The molecule has 1 amide bonds. The second-order valence-corrected chi connectivity index (χ2v) is 2.77. The summed E-state index contributed by atoms with van der Waals surface area (Å²) in [7, 11) is 0. The van der Waals surface area contributed by atoms with Crippen LogP contribution in [0.25, 0.3) is 0 Å². The minimum atomic E-state index is -0.849. The minimum absolute atomic E-state index is 0.0877. The lowest BCUT2D eigenvalue weighted by atomic mass is 10.2. The van der Waals surface area contributed by atoms with Gasteiger partial charge in [0.25, 0.3) is 5.91 Å². The van der Waals surface area contributed by atoms with Gasteiger partial charge in [0, 0.05) is 12.1 Å². The molecule has 76 valence electrons. The number of hydrogen-bond donors (Lipinski definition) is 1. The Morgan fingerprint density at radius 1 is 1.60 bits per heavy atom. The molecule has 0 spiro atoms. The van der Waals surface area contributed by atoms with Gasteiger partial charge in [0.1, 0.15) is 11.2 Å². The van der Waals surface area contributed by atoms with Crippen molar-refractivity contribution in [3.63, 3.8) is 0 Å². The lowest BCUT2D eigenvalue weighted by molar-refractivity contribution is -0.385. The quantitative estimate of drug-likeness (QED) is 0.427. The Balaban J connectivity index is 3.23. The summed E-state index contributed by atoms with van der Waals surface area (Å²) in [5, 5.41) is 10.3. The number of amides is 1. The largest absolute Gasteiger partial charge is 0.359 e. The molecule has 0 saturated heterocycles. The predicted molar refractivity (Wildman–Crippen MR) is 52.0 cm³/mol. The van der Waals surface area contributed by atoms with Crippen LogP contribution < -0.4 is 5.73 Å². The molecule has 0 aliphatic heterocycles. The zero-order valence-electron chi connectivity index (χ0n) is 7.23. The van der Waals surface area contributed by atoms with Crippen molar-refractivity contribution in [1.82, 2.24) is 4.98 Å². The van der Waals surface area contributed by atoms with Crippen molar-refractivity contribution in [3.05, 3.63) is 33.1 Å². The van der Waals surface area contributed by atoms with Gasteiger partial charge in [-0.1, -0.05) is 17.5 Å². The number of hydrogen-bond acceptors (Lipinski definition) is 4. The van der Waals surface area contributed by atoms with Crippen molar-refractivity contribution in [3.8, 4) is 11.8 Å². The van der Waals surface area contributed by atoms with Crippen molar-refractivity contribution in [2.75, 3.05) is 0 Å². The summed E-state index contributed by atoms with van der Waals surface area (Å²) in [6.07, 6.45) is 2.21. The predicted octanol–water partition coefficient (Wildman–Crippen LogP) is 0.480. The fourth-order valence-corrected chi connectivity index (χ4v) is 0.991. The van der Waals surface area contributed by atoms with Crippen LogP contribution >= 0.6 is 11.6 Å². The van der Waals surface area contributed by atoms with Gasteiger partial charge in [-0.05, 0) is 0 Å². The molecule has 1 aromatic heterocycles. The molecule has 1 rings (SSSR count). The van der Waals surface area contributed by atoms with Crippen molar-refractivity contribution >= 4 is 23.2 Å². The van der Waals surface area contributed by atoms with E-state index in [1.165, 1.54) is 6.20 Å². The first-order valence-electron chi connectivity index (χ1n) is 3.61. The van der Waals surface area contributed by atoms with Crippen molar-refractivity contribution in [2.24, 2.45) is 5.73 Å². The molecule has 0 saturated carbocycles. The average Bonchev–Trinajstić information content (AvgIpc) is 2.15. The lowest BCUT2D eigenvalue weighted by Gasteiger charge is -1.95. The zero-order chi connectivity index (χ0) is 11.4. The Labute approximate surface area is 89.2 Å². The van der Waals surface area contributed by atoms with Crippen molar-refractivity contribution in [1.29, 1.82) is 0 Å². The Kier molecular flexibility index (Phi) is 3.21. The van der Waals surface area contributed by atoms with Gasteiger partial charge in [-0.2, -0.15) is 0 Å². The highest BCUT2D eigenvalue weighted by Crippen LogP contribution is 2.25. The highest BCUT2D eigenvalue weighted by Gasteiger charge is 2.15. The smallest absolute Gasteiger partial charge is 0.307 e. The molecule has 0 bridgehead atoms. The molecule has 1 aromatic rings. The van der Waals surface area contributed by atoms with Crippen LogP contribution in [0.2, 0.25) is 5.02 Å². The molecule has 7 heteroatoms. The summed E-state index contributed by atoms with van der Waals surface area (Å²) < 4.78 is 0. The number of nitrogens with zero attached hydrogens (tertiary/aromatic N) is 2. The highest BCUT2D eigenvalue weighted by atomic mass is 35.5. The van der Waals surface area contributed by atoms with Gasteiger partial charge < -0.3 is 5.73 Å². The molecule has 0 unspecified atom stereocenters. The molecule has 2 N–H and O–H groups in total. The van der Waals surface area contributed by atoms with Crippen LogP contribution in [0.5, 0.6) is 0 Å². The normalized spacial score (nSPS) is 8.87. The van der Waals surface area contributed by atoms with Gasteiger partial charge in [0.05, 0.1) is 10.5 Å². The number of carbonyl (C=O) groups is 1. The zero-order valence-corrected chi connectivity index (χ0v) is 7.99. The Morgan fingerprint density at radius 2 is 2.27 bits per heavy atom. The summed E-state index contributed by atoms with van der Waals surface area (Å²) in [5.74, 6) is 3.45. The van der Waals surface area contributed by atoms with E-state index in [1.807, 2.05) is 5.92 Å². The van der Waals surface area contributed by atoms with E-state index >= 15 is 0 Å². The molecular formula is C8H4ClN3O3. The van der Waals surface area contributed by atoms with Gasteiger partial charge in [0.15, 0.2) is 0 Å². The number of carbonyl (C=O) groups excluding carboxylic acids is 1. The Morgan fingerprint density at radius 3 is 2.80 bits per heavy atom. The molecular weight excluding hydrogens is 222 g/mol. The van der Waals surface area contributed by atoms with E-state index in [1.54, 1.807) is 0 Å². The third-order valence-corrected chi connectivity index (χ3v) is 1.78. The van der Waals surface area contributed by atoms with Crippen LogP contribution in [0.15, 0.2) is 12.4 Å². The van der Waals surface area contributed by atoms with Crippen LogP contribution in [0.3, 0.4) is 0 Å². The molecule has 1 heterocycles. The van der Waals surface area contributed by atoms with Crippen LogP contribution in [0, 0.1) is 22.0 Å². The maximum absolute atomic E-state index is 10.5. The minimum Gasteiger partial charge on any atom is -0.359 e. The van der Waals surface area contributed by atoms with E-state index in [0.717, 1.165) is 6.20 Å². The Bertz CT molecular complexity index is 490. The van der Waals surface area contributed by atoms with Crippen LogP contribution in [-0.2, 0) is 4.79 Å². The van der Waals surface area contributed by atoms with E-state index < -0.39 is 10.8 Å². The first-order valence-corrected chi connectivity index (χ1v) is 3.99. The van der Waals surface area contributed by atoms with Gasteiger partial charge >= 0.3 is 5.69 Å². The lowest BCUT2D eigenvalue weighted by Crippen LogP contribution is -2.06. The fraction of sp³-hybridized carbons (Fsp3) is 0. The molecule has 0 aliphatic carbocycles. The number of aromatic nitrogens is 1. The van der Waals surface area contributed by atoms with Gasteiger partial charge in [0.2, 0.25) is 0 Å². The molecule has 0 atom stereocenters. The maximum atomic E-state index is 10.5.